The number of rotatable bonds is 8. The number of amides is 2. The number of aromatic nitrogens is 2. The summed E-state index contributed by atoms with van der Waals surface area (Å²) in [6.07, 6.45) is 3.56. The van der Waals surface area contributed by atoms with Gasteiger partial charge >= 0.3 is 0 Å². The van der Waals surface area contributed by atoms with Crippen molar-refractivity contribution in [2.24, 2.45) is 0 Å². The summed E-state index contributed by atoms with van der Waals surface area (Å²) in [6, 6.07) is 12.6. The summed E-state index contributed by atoms with van der Waals surface area (Å²) >= 11 is 0. The molecule has 0 spiro atoms. The lowest BCUT2D eigenvalue weighted by molar-refractivity contribution is 0.0942. The number of hydrogen-bond acceptors (Lipinski definition) is 4. The van der Waals surface area contributed by atoms with E-state index in [0.29, 0.717) is 23.5 Å². The molecule has 0 radical (unpaired) electrons. The molecule has 2 aromatic heterocycles. The quantitative estimate of drug-likeness (QED) is 0.568. The second-order valence-electron chi connectivity index (χ2n) is 6.97. The molecule has 2 N–H and O–H groups in total. The van der Waals surface area contributed by atoms with Crippen LogP contribution < -0.4 is 15.4 Å². The van der Waals surface area contributed by atoms with Gasteiger partial charge in [-0.05, 0) is 44.5 Å². The first-order valence-corrected chi connectivity index (χ1v) is 9.83. The average Bonchev–Trinajstić information content (AvgIpc) is 3.09. The van der Waals surface area contributed by atoms with Crippen LogP contribution in [0.2, 0.25) is 0 Å². The Morgan fingerprint density at radius 3 is 2.62 bits per heavy atom. The van der Waals surface area contributed by atoms with E-state index in [1.807, 2.05) is 32.0 Å². The largest absolute Gasteiger partial charge is 0.489 e. The first-order valence-electron chi connectivity index (χ1n) is 9.83. The van der Waals surface area contributed by atoms with Gasteiger partial charge in [-0.25, -0.2) is 4.98 Å². The highest BCUT2D eigenvalue weighted by atomic mass is 16.5. The van der Waals surface area contributed by atoms with Crippen LogP contribution in [0.15, 0.2) is 48.7 Å². The molecule has 2 amide bonds. The monoisotopic (exact) mass is 394 g/mol. The van der Waals surface area contributed by atoms with Crippen molar-refractivity contribution in [2.45, 2.75) is 39.7 Å². The topological polar surface area (TPSA) is 84.7 Å². The third kappa shape index (κ3) is 4.74. The van der Waals surface area contributed by atoms with Crippen LogP contribution in [0.25, 0.3) is 5.52 Å². The Labute approximate surface area is 170 Å². The molecule has 3 aromatic rings. The van der Waals surface area contributed by atoms with Gasteiger partial charge in [0.05, 0.1) is 17.3 Å². The normalized spacial score (nSPS) is 10.9. The second-order valence-corrected chi connectivity index (χ2v) is 6.97. The summed E-state index contributed by atoms with van der Waals surface area (Å²) in [5.74, 6) is 0.0637. The molecule has 0 aliphatic heterocycles. The number of imidazole rings is 1. The lowest BCUT2D eigenvalue weighted by atomic mass is 10.2. The Morgan fingerprint density at radius 1 is 1.10 bits per heavy atom. The number of ether oxygens (including phenoxy) is 1. The molecule has 29 heavy (non-hydrogen) atoms. The maximum atomic E-state index is 13.0. The van der Waals surface area contributed by atoms with E-state index in [9.17, 15) is 9.59 Å². The summed E-state index contributed by atoms with van der Waals surface area (Å²) in [4.78, 5) is 29.9. The number of hydrogen-bond donors (Lipinski definition) is 2. The number of carbonyl (C=O) groups is 2. The van der Waals surface area contributed by atoms with E-state index in [2.05, 4.69) is 22.5 Å². The van der Waals surface area contributed by atoms with E-state index in [4.69, 9.17) is 4.74 Å². The van der Waals surface area contributed by atoms with Crippen LogP contribution in [0.5, 0.6) is 5.75 Å². The predicted molar refractivity (Wildman–Crippen MR) is 113 cm³/mol. The van der Waals surface area contributed by atoms with Crippen molar-refractivity contribution in [3.05, 3.63) is 60.2 Å². The molecule has 0 aliphatic carbocycles. The lowest BCUT2D eigenvalue weighted by Gasteiger charge is -2.14. The number of fused-ring (bicyclic) bond motifs is 1. The van der Waals surface area contributed by atoms with E-state index < -0.39 is 5.91 Å². The molecule has 7 nitrogen and oxygen atoms in total. The molecular formula is C22H26N4O3. The molecule has 0 atom stereocenters. The number of anilines is 1. The number of benzene rings is 1. The van der Waals surface area contributed by atoms with Gasteiger partial charge in [-0.3, -0.25) is 14.0 Å². The summed E-state index contributed by atoms with van der Waals surface area (Å²) in [6.45, 7) is 6.47. The summed E-state index contributed by atoms with van der Waals surface area (Å²) in [7, 11) is 0. The van der Waals surface area contributed by atoms with Crippen LogP contribution in [0.4, 0.5) is 5.69 Å². The van der Waals surface area contributed by atoms with Crippen molar-refractivity contribution >= 4 is 23.0 Å². The molecule has 0 saturated heterocycles. The van der Waals surface area contributed by atoms with Crippen molar-refractivity contribution in [2.75, 3.05) is 11.9 Å². The van der Waals surface area contributed by atoms with Gasteiger partial charge in [-0.1, -0.05) is 31.5 Å². The Balaban J connectivity index is 1.90. The van der Waals surface area contributed by atoms with E-state index >= 15 is 0 Å². The highest BCUT2D eigenvalue weighted by molar-refractivity contribution is 6.09. The van der Waals surface area contributed by atoms with Gasteiger partial charge in [0.2, 0.25) is 5.82 Å². The summed E-state index contributed by atoms with van der Waals surface area (Å²) < 4.78 is 7.40. The first-order chi connectivity index (χ1) is 14.0. The fraction of sp³-hybridized carbons (Fsp3) is 0.318. The second kappa shape index (κ2) is 9.23. The Hall–Kier alpha value is -3.35. The maximum Gasteiger partial charge on any atom is 0.287 e. The highest BCUT2D eigenvalue weighted by Crippen LogP contribution is 2.26. The molecule has 152 valence electrons. The van der Waals surface area contributed by atoms with Crippen LogP contribution in [0.1, 0.15) is 54.7 Å². The minimum Gasteiger partial charge on any atom is -0.489 e. The molecule has 0 bridgehead atoms. The molecule has 1 aromatic carbocycles. The van der Waals surface area contributed by atoms with E-state index in [0.717, 1.165) is 12.8 Å². The third-order valence-corrected chi connectivity index (χ3v) is 4.28. The predicted octanol–water partition coefficient (Wildman–Crippen LogP) is 3.90. The fourth-order valence-electron chi connectivity index (χ4n) is 2.93. The lowest BCUT2D eigenvalue weighted by Crippen LogP contribution is -2.26. The molecule has 7 heteroatoms. The number of unbranched alkanes of at least 4 members (excludes halogenated alkanes) is 1. The number of nitrogens with one attached hydrogen (secondary N) is 2. The number of para-hydroxylation sites is 2. The van der Waals surface area contributed by atoms with Crippen molar-refractivity contribution < 1.29 is 14.3 Å². The third-order valence-electron chi connectivity index (χ3n) is 4.28. The van der Waals surface area contributed by atoms with Gasteiger partial charge in [-0.15, -0.1) is 0 Å². The van der Waals surface area contributed by atoms with Crippen molar-refractivity contribution in [1.29, 1.82) is 0 Å². The van der Waals surface area contributed by atoms with Crippen LogP contribution in [-0.4, -0.2) is 33.8 Å². The van der Waals surface area contributed by atoms with Gasteiger partial charge in [0.25, 0.3) is 11.8 Å². The molecule has 0 saturated carbocycles. The Bertz CT molecular complexity index is 1010. The number of pyridine rings is 1. The fourth-order valence-corrected chi connectivity index (χ4v) is 2.93. The molecule has 0 aliphatic rings. The highest BCUT2D eigenvalue weighted by Gasteiger charge is 2.22. The maximum absolute atomic E-state index is 13.0. The minimum absolute atomic E-state index is 0.0279. The Kier molecular flexibility index (Phi) is 6.49. The first kappa shape index (κ1) is 20.4. The van der Waals surface area contributed by atoms with Crippen LogP contribution in [0.3, 0.4) is 0 Å². The smallest absolute Gasteiger partial charge is 0.287 e. The zero-order valence-electron chi connectivity index (χ0n) is 16.9. The average molecular weight is 394 g/mol. The SMILES string of the molecule is CCCCNC(=O)c1nc(C(=O)Nc2ccccc2OC(C)C)c2ccccn12. The van der Waals surface area contributed by atoms with Crippen molar-refractivity contribution in [3.63, 3.8) is 0 Å². The van der Waals surface area contributed by atoms with Gasteiger partial charge in [-0.2, -0.15) is 0 Å². The van der Waals surface area contributed by atoms with Gasteiger partial charge < -0.3 is 15.4 Å². The molecule has 2 heterocycles. The summed E-state index contributed by atoms with van der Waals surface area (Å²) in [5.41, 5.74) is 1.30. The molecule has 0 fully saturated rings. The zero-order chi connectivity index (χ0) is 20.8. The van der Waals surface area contributed by atoms with E-state index in [1.165, 1.54) is 0 Å². The van der Waals surface area contributed by atoms with Crippen LogP contribution >= 0.6 is 0 Å². The van der Waals surface area contributed by atoms with Crippen LogP contribution in [-0.2, 0) is 0 Å². The van der Waals surface area contributed by atoms with E-state index in [-0.39, 0.29) is 23.5 Å². The minimum atomic E-state index is -0.402. The van der Waals surface area contributed by atoms with Gasteiger partial charge in [0.15, 0.2) is 5.69 Å². The van der Waals surface area contributed by atoms with E-state index in [1.54, 1.807) is 34.9 Å². The van der Waals surface area contributed by atoms with Crippen molar-refractivity contribution in [3.8, 4) is 5.75 Å². The van der Waals surface area contributed by atoms with Crippen LogP contribution in [0, 0.1) is 0 Å². The molecular weight excluding hydrogens is 368 g/mol. The Morgan fingerprint density at radius 2 is 1.86 bits per heavy atom. The summed E-state index contributed by atoms with van der Waals surface area (Å²) in [5, 5.41) is 5.71. The molecule has 3 rings (SSSR count). The number of nitrogens with zero attached hydrogens (tertiary/aromatic N) is 2. The zero-order valence-corrected chi connectivity index (χ0v) is 16.9. The molecule has 0 unspecified atom stereocenters. The van der Waals surface area contributed by atoms with Gasteiger partial charge in [0, 0.05) is 12.7 Å². The van der Waals surface area contributed by atoms with Crippen molar-refractivity contribution in [1.82, 2.24) is 14.7 Å². The standard InChI is InChI=1S/C22H26N4O3/c1-4-5-13-23-22(28)20-25-19(17-11-8-9-14-26(17)20)21(27)24-16-10-6-7-12-18(16)29-15(2)3/h6-12,14-15H,4-5,13H2,1-3H3,(H,23,28)(H,24,27). The number of carbonyl (C=O) groups excluding carboxylic acids is 2. The van der Waals surface area contributed by atoms with Gasteiger partial charge in [0.1, 0.15) is 5.75 Å².